The molecule has 0 saturated carbocycles. The van der Waals surface area contributed by atoms with Crippen molar-refractivity contribution in [2.75, 3.05) is 30.3 Å². The van der Waals surface area contributed by atoms with Gasteiger partial charge in [0.25, 0.3) is 5.91 Å². The highest BCUT2D eigenvalue weighted by atomic mass is 16.6. The Hall–Kier alpha value is -3.96. The zero-order valence-corrected chi connectivity index (χ0v) is 21.2. The molecule has 1 aliphatic heterocycles. The molecule has 1 aliphatic rings. The normalized spacial score (nSPS) is 14.5. The molecule has 0 aromatic carbocycles. The molecular weight excluding hydrogens is 464 g/mol. The van der Waals surface area contributed by atoms with Crippen LogP contribution in [-0.2, 0) is 4.74 Å². The first-order chi connectivity index (χ1) is 17.1. The lowest BCUT2D eigenvalue weighted by atomic mass is 10.1. The van der Waals surface area contributed by atoms with Gasteiger partial charge in [0, 0.05) is 31.5 Å². The lowest BCUT2D eigenvalue weighted by Crippen LogP contribution is -2.44. The van der Waals surface area contributed by atoms with Crippen LogP contribution in [0.5, 0.6) is 5.88 Å². The van der Waals surface area contributed by atoms with Crippen molar-refractivity contribution in [2.24, 2.45) is 0 Å². The van der Waals surface area contributed by atoms with E-state index < -0.39 is 11.5 Å². The predicted molar refractivity (Wildman–Crippen MR) is 133 cm³/mol. The highest BCUT2D eigenvalue weighted by Crippen LogP contribution is 2.22. The van der Waals surface area contributed by atoms with Crippen LogP contribution >= 0.6 is 0 Å². The summed E-state index contributed by atoms with van der Waals surface area (Å²) in [5.74, 6) is 0.475. The topological polar surface area (TPSA) is 136 Å². The number of aryl methyl sites for hydroxylation is 1. The van der Waals surface area contributed by atoms with Crippen molar-refractivity contribution in [1.82, 2.24) is 29.2 Å². The Bertz CT molecular complexity index is 1240. The van der Waals surface area contributed by atoms with Crippen molar-refractivity contribution in [3.8, 4) is 5.88 Å². The van der Waals surface area contributed by atoms with E-state index in [2.05, 4.69) is 30.6 Å². The summed E-state index contributed by atoms with van der Waals surface area (Å²) in [6.45, 7) is 10.7. The maximum Gasteiger partial charge on any atom is 0.410 e. The Labute approximate surface area is 209 Å². The molecule has 2 amide bonds. The van der Waals surface area contributed by atoms with Crippen molar-refractivity contribution in [3.63, 3.8) is 0 Å². The van der Waals surface area contributed by atoms with Gasteiger partial charge in [-0.2, -0.15) is 4.98 Å². The molecule has 4 heterocycles. The predicted octanol–water partition coefficient (Wildman–Crippen LogP) is 3.29. The number of piperidine rings is 1. The fourth-order valence-electron chi connectivity index (χ4n) is 3.83. The van der Waals surface area contributed by atoms with E-state index in [-0.39, 0.29) is 23.6 Å². The molecule has 3 aromatic heterocycles. The molecule has 0 unspecified atom stereocenters. The van der Waals surface area contributed by atoms with Gasteiger partial charge < -0.3 is 29.4 Å². The minimum atomic E-state index is -0.523. The summed E-state index contributed by atoms with van der Waals surface area (Å²) in [7, 11) is 0. The summed E-state index contributed by atoms with van der Waals surface area (Å²) in [4.78, 5) is 44.3. The molecule has 192 valence electrons. The minimum absolute atomic E-state index is 0.0763. The number of anilines is 2. The number of amides is 2. The van der Waals surface area contributed by atoms with Crippen molar-refractivity contribution < 1.29 is 19.1 Å². The van der Waals surface area contributed by atoms with Gasteiger partial charge in [0.05, 0.1) is 24.7 Å². The largest absolute Gasteiger partial charge is 0.477 e. The highest BCUT2D eigenvalue weighted by Gasteiger charge is 2.27. The molecule has 3 aromatic rings. The monoisotopic (exact) mass is 496 g/mol. The molecule has 36 heavy (non-hydrogen) atoms. The number of imidazole rings is 1. The number of rotatable bonds is 6. The second-order valence-electron chi connectivity index (χ2n) is 9.61. The van der Waals surface area contributed by atoms with E-state index in [4.69, 9.17) is 9.47 Å². The van der Waals surface area contributed by atoms with Crippen LogP contribution in [0.25, 0.3) is 5.65 Å². The number of hydrogen-bond acceptors (Lipinski definition) is 9. The number of hydrogen-bond donors (Lipinski definition) is 2. The molecule has 4 rings (SSSR count). The van der Waals surface area contributed by atoms with Crippen molar-refractivity contribution >= 4 is 29.4 Å². The second-order valence-corrected chi connectivity index (χ2v) is 9.61. The van der Waals surface area contributed by atoms with Gasteiger partial charge >= 0.3 is 6.09 Å². The number of aromatic nitrogens is 5. The maximum atomic E-state index is 12.9. The molecule has 12 nitrogen and oxygen atoms in total. The summed E-state index contributed by atoms with van der Waals surface area (Å²) in [6, 6.07) is 0.0763. The third-order valence-corrected chi connectivity index (χ3v) is 5.46. The average Bonchev–Trinajstić information content (AvgIpc) is 3.18. The van der Waals surface area contributed by atoms with Gasteiger partial charge in [0.1, 0.15) is 17.0 Å². The van der Waals surface area contributed by atoms with Crippen molar-refractivity contribution in [1.29, 1.82) is 0 Å². The molecule has 0 spiro atoms. The molecular formula is C24H32N8O4. The van der Waals surface area contributed by atoms with E-state index in [0.29, 0.717) is 37.1 Å². The summed E-state index contributed by atoms with van der Waals surface area (Å²) >= 11 is 0. The Balaban J connectivity index is 1.40. The van der Waals surface area contributed by atoms with Gasteiger partial charge in [0.2, 0.25) is 11.8 Å². The van der Waals surface area contributed by atoms with Gasteiger partial charge in [-0.15, -0.1) is 0 Å². The molecule has 1 fully saturated rings. The van der Waals surface area contributed by atoms with E-state index in [0.717, 1.165) is 18.5 Å². The summed E-state index contributed by atoms with van der Waals surface area (Å²) in [5.41, 5.74) is 1.22. The minimum Gasteiger partial charge on any atom is -0.477 e. The SMILES string of the molecule is CCOc1nc(NC2CCN(C(=O)OC(C)(C)C)CC2)ncc1C(=O)Nc1cn2cc(C)nc2cn1. The lowest BCUT2D eigenvalue weighted by molar-refractivity contribution is 0.0210. The zero-order chi connectivity index (χ0) is 25.9. The first-order valence-electron chi connectivity index (χ1n) is 12.0. The summed E-state index contributed by atoms with van der Waals surface area (Å²) < 4.78 is 12.9. The van der Waals surface area contributed by atoms with Crippen LogP contribution in [0, 0.1) is 6.92 Å². The van der Waals surface area contributed by atoms with E-state index >= 15 is 0 Å². The number of fused-ring (bicyclic) bond motifs is 1. The fourth-order valence-corrected chi connectivity index (χ4v) is 3.83. The van der Waals surface area contributed by atoms with Crippen molar-refractivity contribution in [3.05, 3.63) is 36.0 Å². The molecule has 0 aliphatic carbocycles. The summed E-state index contributed by atoms with van der Waals surface area (Å²) in [6.07, 6.45) is 7.69. The number of ether oxygens (including phenoxy) is 2. The van der Waals surface area contributed by atoms with E-state index in [9.17, 15) is 9.59 Å². The van der Waals surface area contributed by atoms with Crippen LogP contribution in [0.15, 0.2) is 24.8 Å². The van der Waals surface area contributed by atoms with Crippen molar-refractivity contribution in [2.45, 2.75) is 59.1 Å². The Morgan fingerprint density at radius 2 is 1.86 bits per heavy atom. The van der Waals surface area contributed by atoms with Gasteiger partial charge in [-0.25, -0.2) is 19.7 Å². The number of carbonyl (C=O) groups excluding carboxylic acids is 2. The zero-order valence-electron chi connectivity index (χ0n) is 21.2. The Morgan fingerprint density at radius 1 is 1.11 bits per heavy atom. The van der Waals surface area contributed by atoms with E-state index in [1.165, 1.54) is 6.20 Å². The van der Waals surface area contributed by atoms with Crippen LogP contribution in [0.2, 0.25) is 0 Å². The van der Waals surface area contributed by atoms with Gasteiger partial charge in [-0.05, 0) is 47.5 Å². The van der Waals surface area contributed by atoms with Crippen LogP contribution in [-0.4, -0.2) is 72.6 Å². The summed E-state index contributed by atoms with van der Waals surface area (Å²) in [5, 5.41) is 6.05. The lowest BCUT2D eigenvalue weighted by Gasteiger charge is -2.33. The van der Waals surface area contributed by atoms with Gasteiger partial charge in [0.15, 0.2) is 5.65 Å². The smallest absolute Gasteiger partial charge is 0.410 e. The standard InChI is InChI=1S/C24H32N8O4/c1-6-35-21-17(20(33)29-18-14-32-13-15(2)27-19(32)12-25-18)11-26-22(30-21)28-16-7-9-31(10-8-16)23(34)36-24(3,4)5/h11-14,16H,6-10H2,1-5H3,(H,29,33)(H,26,28,30). The van der Waals surface area contributed by atoms with E-state index in [1.807, 2.05) is 40.8 Å². The second kappa shape index (κ2) is 10.3. The first kappa shape index (κ1) is 25.1. The van der Waals surface area contributed by atoms with Crippen LogP contribution < -0.4 is 15.4 Å². The van der Waals surface area contributed by atoms with Crippen LogP contribution in [0.4, 0.5) is 16.6 Å². The van der Waals surface area contributed by atoms with Gasteiger partial charge in [-0.1, -0.05) is 0 Å². The average molecular weight is 497 g/mol. The van der Waals surface area contributed by atoms with E-state index in [1.54, 1.807) is 21.7 Å². The maximum absolute atomic E-state index is 12.9. The molecule has 0 radical (unpaired) electrons. The number of carbonyl (C=O) groups is 2. The Morgan fingerprint density at radius 3 is 2.56 bits per heavy atom. The molecule has 1 saturated heterocycles. The molecule has 0 atom stereocenters. The first-order valence-corrected chi connectivity index (χ1v) is 12.0. The quantitative estimate of drug-likeness (QED) is 0.527. The third-order valence-electron chi connectivity index (χ3n) is 5.46. The van der Waals surface area contributed by atoms with Crippen LogP contribution in [0.3, 0.4) is 0 Å². The van der Waals surface area contributed by atoms with Gasteiger partial charge in [-0.3, -0.25) is 4.79 Å². The highest BCUT2D eigenvalue weighted by molar-refractivity contribution is 6.05. The molecule has 2 N–H and O–H groups in total. The number of likely N-dealkylation sites (tertiary alicyclic amines) is 1. The molecule has 0 bridgehead atoms. The third kappa shape index (κ3) is 6.18. The molecule has 12 heteroatoms. The number of nitrogens with one attached hydrogen (secondary N) is 2. The fraction of sp³-hybridized carbons (Fsp3) is 0.500. The number of nitrogens with zero attached hydrogens (tertiary/aromatic N) is 6. The van der Waals surface area contributed by atoms with Crippen LogP contribution in [0.1, 0.15) is 56.6 Å². The Kier molecular flexibility index (Phi) is 7.22.